The van der Waals surface area contributed by atoms with Crippen LogP contribution in [0.3, 0.4) is 0 Å². The van der Waals surface area contributed by atoms with Gasteiger partial charge in [0.1, 0.15) is 6.10 Å². The second-order valence-corrected chi connectivity index (χ2v) is 15.0. The first kappa shape index (κ1) is 26.6. The number of esters is 1. The quantitative estimate of drug-likeness (QED) is 0.276. The Bertz CT molecular complexity index is 847. The van der Waals surface area contributed by atoms with Crippen LogP contribution in [-0.4, -0.2) is 30.6 Å². The highest BCUT2D eigenvalue weighted by molar-refractivity contribution is 5.69. The summed E-state index contributed by atoms with van der Waals surface area (Å²) in [6.07, 6.45) is 16.8. The summed E-state index contributed by atoms with van der Waals surface area (Å²) in [5, 5.41) is 0. The standard InChI is InChI=1S/C33H54O4/c1-6-7-8-9-29(34)36-24-13-15-31(4)23(18-24)10-11-25-26(31)14-16-32(5)27(25)19-28-30(32)22(3)33(37-28)17-12-21(2)20-35-33/h21-28,30H,6-20H2,1-5H3/t21-,22-,23-,24+,25+,26-,27-,28+,30-,31-,32-,33-/m0/s1. The Morgan fingerprint density at radius 3 is 2.49 bits per heavy atom. The van der Waals surface area contributed by atoms with Gasteiger partial charge in [0.15, 0.2) is 5.79 Å². The number of carbonyl (C=O) groups excluding carboxylic acids is 1. The van der Waals surface area contributed by atoms with E-state index in [1.165, 1.54) is 44.9 Å². The van der Waals surface area contributed by atoms with Crippen LogP contribution >= 0.6 is 0 Å². The fourth-order valence-corrected chi connectivity index (χ4v) is 11.1. The van der Waals surface area contributed by atoms with Crippen molar-refractivity contribution in [2.45, 2.75) is 143 Å². The van der Waals surface area contributed by atoms with Crippen molar-refractivity contribution in [2.24, 2.45) is 52.3 Å². The topological polar surface area (TPSA) is 44.8 Å². The summed E-state index contributed by atoms with van der Waals surface area (Å²) in [5.41, 5.74) is 0.818. The highest BCUT2D eigenvalue weighted by Crippen LogP contribution is 2.71. The Labute approximate surface area is 226 Å². The molecule has 0 N–H and O–H groups in total. The number of unbranched alkanes of at least 4 members (excludes halogenated alkanes) is 2. The molecular weight excluding hydrogens is 460 g/mol. The zero-order valence-electron chi connectivity index (χ0n) is 24.4. The van der Waals surface area contributed by atoms with Crippen molar-refractivity contribution in [2.75, 3.05) is 6.61 Å². The van der Waals surface area contributed by atoms with Crippen LogP contribution in [0.25, 0.3) is 0 Å². The lowest BCUT2D eigenvalue weighted by Crippen LogP contribution is -2.55. The largest absolute Gasteiger partial charge is 0.462 e. The first-order valence-corrected chi connectivity index (χ1v) is 16.2. The Morgan fingerprint density at radius 1 is 0.919 bits per heavy atom. The van der Waals surface area contributed by atoms with E-state index >= 15 is 0 Å². The van der Waals surface area contributed by atoms with Crippen LogP contribution in [0.2, 0.25) is 0 Å². The molecule has 0 aromatic heterocycles. The zero-order valence-corrected chi connectivity index (χ0v) is 24.4. The summed E-state index contributed by atoms with van der Waals surface area (Å²) in [6.45, 7) is 13.1. The fraction of sp³-hybridized carbons (Fsp3) is 0.970. The maximum atomic E-state index is 12.4. The molecule has 0 aromatic rings. The number of rotatable bonds is 5. The molecule has 4 saturated carbocycles. The summed E-state index contributed by atoms with van der Waals surface area (Å²) in [4.78, 5) is 12.4. The molecule has 1 spiro atoms. The average molecular weight is 515 g/mol. The molecule has 2 aliphatic heterocycles. The molecule has 0 aromatic carbocycles. The van der Waals surface area contributed by atoms with Crippen molar-refractivity contribution >= 4 is 5.97 Å². The van der Waals surface area contributed by atoms with Crippen molar-refractivity contribution in [3.8, 4) is 0 Å². The number of hydrogen-bond donors (Lipinski definition) is 0. The van der Waals surface area contributed by atoms with Crippen molar-refractivity contribution in [3.05, 3.63) is 0 Å². The summed E-state index contributed by atoms with van der Waals surface area (Å²) < 4.78 is 19.5. The van der Waals surface area contributed by atoms with Gasteiger partial charge in [-0.25, -0.2) is 0 Å². The molecule has 6 aliphatic rings. The first-order chi connectivity index (χ1) is 17.7. The van der Waals surface area contributed by atoms with Gasteiger partial charge in [-0.3, -0.25) is 4.79 Å². The van der Waals surface area contributed by atoms with E-state index in [2.05, 4.69) is 34.6 Å². The molecule has 4 heteroatoms. The lowest BCUT2D eigenvalue weighted by Gasteiger charge is -2.61. The molecule has 4 aliphatic carbocycles. The van der Waals surface area contributed by atoms with Crippen LogP contribution in [0.5, 0.6) is 0 Å². The third kappa shape index (κ3) is 4.25. The third-order valence-corrected chi connectivity index (χ3v) is 13.2. The van der Waals surface area contributed by atoms with Crippen LogP contribution in [-0.2, 0) is 19.0 Å². The number of ether oxygens (including phenoxy) is 3. The minimum Gasteiger partial charge on any atom is -0.462 e. The Morgan fingerprint density at radius 2 is 1.73 bits per heavy atom. The fourth-order valence-electron chi connectivity index (χ4n) is 11.1. The van der Waals surface area contributed by atoms with Gasteiger partial charge in [-0.15, -0.1) is 0 Å². The smallest absolute Gasteiger partial charge is 0.306 e. The van der Waals surface area contributed by atoms with Crippen molar-refractivity contribution in [1.82, 2.24) is 0 Å². The third-order valence-electron chi connectivity index (χ3n) is 13.2. The summed E-state index contributed by atoms with van der Waals surface area (Å²) >= 11 is 0. The van der Waals surface area contributed by atoms with E-state index < -0.39 is 0 Å². The van der Waals surface area contributed by atoms with E-state index in [1.54, 1.807) is 0 Å². The Balaban J connectivity index is 1.12. The van der Waals surface area contributed by atoms with E-state index in [-0.39, 0.29) is 17.9 Å². The number of hydrogen-bond acceptors (Lipinski definition) is 4. The maximum absolute atomic E-state index is 12.4. The molecule has 6 rings (SSSR count). The van der Waals surface area contributed by atoms with Gasteiger partial charge in [0.05, 0.1) is 12.7 Å². The van der Waals surface area contributed by atoms with Crippen LogP contribution in [0.15, 0.2) is 0 Å². The lowest BCUT2D eigenvalue weighted by atomic mass is 9.44. The second-order valence-electron chi connectivity index (χ2n) is 15.0. The van der Waals surface area contributed by atoms with E-state index in [9.17, 15) is 4.79 Å². The zero-order chi connectivity index (χ0) is 26.0. The van der Waals surface area contributed by atoms with Gasteiger partial charge in [-0.05, 0) is 111 Å². The van der Waals surface area contributed by atoms with Gasteiger partial charge in [0.2, 0.25) is 0 Å². The van der Waals surface area contributed by atoms with E-state index in [4.69, 9.17) is 14.2 Å². The maximum Gasteiger partial charge on any atom is 0.306 e. The molecule has 2 saturated heterocycles. The molecule has 12 atom stereocenters. The van der Waals surface area contributed by atoms with Crippen molar-refractivity contribution in [3.63, 3.8) is 0 Å². The molecule has 0 radical (unpaired) electrons. The molecule has 37 heavy (non-hydrogen) atoms. The highest BCUT2D eigenvalue weighted by Gasteiger charge is 2.69. The minimum absolute atomic E-state index is 0.0463. The van der Waals surface area contributed by atoms with Crippen LogP contribution in [0.4, 0.5) is 0 Å². The average Bonchev–Trinajstić information content (AvgIpc) is 3.31. The van der Waals surface area contributed by atoms with E-state index in [0.717, 1.165) is 68.8 Å². The Kier molecular flexibility index (Phi) is 7.04. The van der Waals surface area contributed by atoms with Crippen molar-refractivity contribution < 1.29 is 19.0 Å². The minimum atomic E-state index is -0.303. The van der Waals surface area contributed by atoms with Crippen LogP contribution < -0.4 is 0 Å². The van der Waals surface area contributed by atoms with Gasteiger partial charge in [0.25, 0.3) is 0 Å². The summed E-state index contributed by atoms with van der Waals surface area (Å²) in [6, 6.07) is 0. The van der Waals surface area contributed by atoms with Crippen LogP contribution in [0.1, 0.15) is 125 Å². The molecule has 0 unspecified atom stereocenters. The number of carbonyl (C=O) groups is 1. The Hall–Kier alpha value is -0.610. The molecule has 4 nitrogen and oxygen atoms in total. The predicted octanol–water partition coefficient (Wildman–Crippen LogP) is 7.93. The lowest BCUT2D eigenvalue weighted by molar-refractivity contribution is -0.273. The molecule has 0 amide bonds. The first-order valence-electron chi connectivity index (χ1n) is 16.2. The van der Waals surface area contributed by atoms with Gasteiger partial charge in [-0.1, -0.05) is 47.5 Å². The normalized spacial score (nSPS) is 52.7. The van der Waals surface area contributed by atoms with Gasteiger partial charge < -0.3 is 14.2 Å². The monoisotopic (exact) mass is 514 g/mol. The molecule has 0 bridgehead atoms. The van der Waals surface area contributed by atoms with E-state index in [1.807, 2.05) is 0 Å². The molecule has 210 valence electrons. The molecular formula is C33H54O4. The van der Waals surface area contributed by atoms with Gasteiger partial charge >= 0.3 is 5.97 Å². The highest BCUT2D eigenvalue weighted by atomic mass is 16.7. The van der Waals surface area contributed by atoms with Crippen LogP contribution in [0, 0.1) is 52.3 Å². The molecule has 6 fully saturated rings. The van der Waals surface area contributed by atoms with Crippen molar-refractivity contribution in [1.29, 1.82) is 0 Å². The summed E-state index contributed by atoms with van der Waals surface area (Å²) in [5.74, 6) is 4.76. The van der Waals surface area contributed by atoms with Gasteiger partial charge in [-0.2, -0.15) is 0 Å². The SMILES string of the molecule is CCCCCC(=O)O[C@@H]1CC[C@@]2(C)[C@@H](CC[C@@H]3[C@@H]2CC[C@]2(C)[C@@H]4[C@@H](C[C@@H]32)O[C@@]2(CC[C@H](C)CO2)[C@H]4C)C1. The number of fused-ring (bicyclic) bond motifs is 7. The molecule has 2 heterocycles. The van der Waals surface area contributed by atoms with Gasteiger partial charge in [0, 0.05) is 18.8 Å². The predicted molar refractivity (Wildman–Crippen MR) is 146 cm³/mol. The summed E-state index contributed by atoms with van der Waals surface area (Å²) in [7, 11) is 0. The second kappa shape index (κ2) is 9.79. The van der Waals surface area contributed by atoms with E-state index in [0.29, 0.717) is 41.1 Å².